The van der Waals surface area contributed by atoms with Crippen LogP contribution in [0.15, 0.2) is 0 Å². The van der Waals surface area contributed by atoms with Crippen LogP contribution < -0.4 is 4.90 Å². The maximum absolute atomic E-state index is 6.12. The third kappa shape index (κ3) is 3.90. The summed E-state index contributed by atoms with van der Waals surface area (Å²) in [5.41, 5.74) is 1.42. The number of aryl methyl sites for hydroxylation is 2. The number of morpholine rings is 2. The topological polar surface area (TPSA) is 50.7 Å². The average molecular weight is 417 g/mol. The number of anilines is 1. The molecule has 0 radical (unpaired) electrons. The monoisotopic (exact) mass is 416 g/mol. The Morgan fingerprint density at radius 2 is 1.90 bits per heavy atom. The van der Waals surface area contributed by atoms with E-state index in [9.17, 15) is 0 Å². The summed E-state index contributed by atoms with van der Waals surface area (Å²) in [6.07, 6.45) is 5.96. The van der Waals surface area contributed by atoms with E-state index in [2.05, 4.69) is 23.6 Å². The third-order valence-corrected chi connectivity index (χ3v) is 7.88. The van der Waals surface area contributed by atoms with Crippen LogP contribution >= 0.6 is 11.3 Å². The van der Waals surface area contributed by atoms with Gasteiger partial charge in [0.1, 0.15) is 16.5 Å². The molecule has 0 aromatic carbocycles. The van der Waals surface area contributed by atoms with Crippen molar-refractivity contribution in [2.45, 2.75) is 58.1 Å². The zero-order valence-electron chi connectivity index (χ0n) is 17.7. The molecule has 1 unspecified atom stereocenters. The fraction of sp³-hybridized carbons (Fsp3) is 0.727. The predicted octanol–water partition coefficient (Wildman–Crippen LogP) is 3.41. The van der Waals surface area contributed by atoms with Gasteiger partial charge in [-0.05, 0) is 44.6 Å². The molecule has 1 atom stereocenters. The first-order valence-corrected chi connectivity index (χ1v) is 12.0. The lowest BCUT2D eigenvalue weighted by atomic mass is 9.96. The summed E-state index contributed by atoms with van der Waals surface area (Å²) in [7, 11) is 0. The molecule has 2 aliphatic heterocycles. The van der Waals surface area contributed by atoms with Gasteiger partial charge in [0.15, 0.2) is 0 Å². The highest BCUT2D eigenvalue weighted by molar-refractivity contribution is 7.19. The smallest absolute Gasteiger partial charge is 0.146 e. The molecule has 3 aliphatic rings. The Hall–Kier alpha value is -1.28. The highest BCUT2D eigenvalue weighted by Gasteiger charge is 2.33. The van der Waals surface area contributed by atoms with Gasteiger partial charge in [-0.15, -0.1) is 11.3 Å². The molecule has 2 fully saturated rings. The van der Waals surface area contributed by atoms with Crippen molar-refractivity contribution < 1.29 is 9.47 Å². The zero-order chi connectivity index (χ0) is 19.8. The van der Waals surface area contributed by atoms with Crippen LogP contribution in [0.3, 0.4) is 0 Å². The molecule has 5 rings (SSSR count). The molecule has 6 nitrogen and oxygen atoms in total. The van der Waals surface area contributed by atoms with Gasteiger partial charge in [0.05, 0.1) is 37.4 Å². The van der Waals surface area contributed by atoms with Gasteiger partial charge in [-0.1, -0.05) is 6.92 Å². The number of hydrogen-bond acceptors (Lipinski definition) is 7. The molecule has 2 aromatic rings. The minimum absolute atomic E-state index is 0.101. The van der Waals surface area contributed by atoms with E-state index in [0.717, 1.165) is 70.6 Å². The SMILES string of the molecule is CCC1(C)CN(c2nc(CN3CCOCC3)nc3sc4c(c23)CCCC4)CCO1. The number of thiophene rings is 1. The van der Waals surface area contributed by atoms with Crippen molar-refractivity contribution in [1.82, 2.24) is 14.9 Å². The second-order valence-corrected chi connectivity index (χ2v) is 9.90. The van der Waals surface area contributed by atoms with Crippen molar-refractivity contribution in [3.8, 4) is 0 Å². The van der Waals surface area contributed by atoms with Crippen molar-refractivity contribution >= 4 is 27.4 Å². The normalized spacial score (nSPS) is 26.1. The van der Waals surface area contributed by atoms with Crippen LogP contribution in [0.5, 0.6) is 0 Å². The Morgan fingerprint density at radius 3 is 2.72 bits per heavy atom. The summed E-state index contributed by atoms with van der Waals surface area (Å²) in [5.74, 6) is 2.11. The Balaban J connectivity index is 1.56. The highest BCUT2D eigenvalue weighted by atomic mass is 32.1. The van der Waals surface area contributed by atoms with Gasteiger partial charge in [0, 0.05) is 31.1 Å². The lowest BCUT2D eigenvalue weighted by molar-refractivity contribution is -0.0442. The van der Waals surface area contributed by atoms with Gasteiger partial charge in [-0.3, -0.25) is 4.90 Å². The maximum Gasteiger partial charge on any atom is 0.146 e. The van der Waals surface area contributed by atoms with Gasteiger partial charge in [-0.25, -0.2) is 9.97 Å². The first-order valence-electron chi connectivity index (χ1n) is 11.2. The molecular weight excluding hydrogens is 384 g/mol. The van der Waals surface area contributed by atoms with Crippen LogP contribution in [0.2, 0.25) is 0 Å². The fourth-order valence-corrected chi connectivity index (χ4v) is 6.04. The second kappa shape index (κ2) is 8.10. The Bertz CT molecular complexity index is 879. The number of hydrogen-bond donors (Lipinski definition) is 0. The number of rotatable bonds is 4. The molecule has 0 N–H and O–H groups in total. The Morgan fingerprint density at radius 1 is 1.07 bits per heavy atom. The lowest BCUT2D eigenvalue weighted by Gasteiger charge is -2.41. The maximum atomic E-state index is 6.12. The van der Waals surface area contributed by atoms with E-state index in [0.29, 0.717) is 0 Å². The molecule has 2 aromatic heterocycles. The van der Waals surface area contributed by atoms with Gasteiger partial charge in [0.25, 0.3) is 0 Å². The molecule has 29 heavy (non-hydrogen) atoms. The standard InChI is InChI=1S/C22H32N4O2S/c1-3-22(2)15-26(10-13-28-22)20-19-16-6-4-5-7-17(16)29-21(19)24-18(23-20)14-25-8-11-27-12-9-25/h3-15H2,1-2H3. The number of aromatic nitrogens is 2. The lowest BCUT2D eigenvalue weighted by Crippen LogP contribution is -2.50. The first kappa shape index (κ1) is 19.7. The molecule has 7 heteroatoms. The molecular formula is C22H32N4O2S. The molecule has 158 valence electrons. The van der Waals surface area contributed by atoms with Crippen LogP contribution in [0.4, 0.5) is 5.82 Å². The molecule has 0 spiro atoms. The number of fused-ring (bicyclic) bond motifs is 3. The molecule has 0 amide bonds. The van der Waals surface area contributed by atoms with Gasteiger partial charge >= 0.3 is 0 Å². The van der Waals surface area contributed by atoms with E-state index in [1.54, 1.807) is 0 Å². The van der Waals surface area contributed by atoms with Crippen molar-refractivity contribution in [3.05, 3.63) is 16.3 Å². The number of ether oxygens (including phenoxy) is 2. The summed E-state index contributed by atoms with van der Waals surface area (Å²) in [5, 5.41) is 1.33. The summed E-state index contributed by atoms with van der Waals surface area (Å²) in [4.78, 5) is 17.9. The van der Waals surface area contributed by atoms with Crippen LogP contribution in [0, 0.1) is 0 Å². The summed E-state index contributed by atoms with van der Waals surface area (Å²) < 4.78 is 11.6. The van der Waals surface area contributed by atoms with E-state index >= 15 is 0 Å². The minimum atomic E-state index is -0.101. The fourth-order valence-electron chi connectivity index (χ4n) is 4.77. The molecule has 2 saturated heterocycles. The molecule has 0 saturated carbocycles. The van der Waals surface area contributed by atoms with Crippen molar-refractivity contribution in [2.75, 3.05) is 50.9 Å². The van der Waals surface area contributed by atoms with E-state index in [-0.39, 0.29) is 5.60 Å². The van der Waals surface area contributed by atoms with Crippen molar-refractivity contribution in [3.63, 3.8) is 0 Å². The van der Waals surface area contributed by atoms with Gasteiger partial charge in [0.2, 0.25) is 0 Å². The molecule has 0 bridgehead atoms. The molecule has 1 aliphatic carbocycles. The second-order valence-electron chi connectivity index (χ2n) is 8.82. The average Bonchev–Trinajstić information content (AvgIpc) is 3.12. The van der Waals surface area contributed by atoms with Gasteiger partial charge < -0.3 is 14.4 Å². The summed E-state index contributed by atoms with van der Waals surface area (Å²) >= 11 is 1.91. The third-order valence-electron chi connectivity index (χ3n) is 6.70. The van der Waals surface area contributed by atoms with Crippen LogP contribution in [-0.4, -0.2) is 66.5 Å². The van der Waals surface area contributed by atoms with Crippen molar-refractivity contribution in [2.24, 2.45) is 0 Å². The van der Waals surface area contributed by atoms with E-state index in [1.165, 1.54) is 46.3 Å². The highest BCUT2D eigenvalue weighted by Crippen LogP contribution is 2.40. The zero-order valence-corrected chi connectivity index (χ0v) is 18.5. The van der Waals surface area contributed by atoms with Gasteiger partial charge in [-0.2, -0.15) is 0 Å². The predicted molar refractivity (Wildman–Crippen MR) is 117 cm³/mol. The van der Waals surface area contributed by atoms with E-state index < -0.39 is 0 Å². The summed E-state index contributed by atoms with van der Waals surface area (Å²) in [6, 6.07) is 0. The minimum Gasteiger partial charge on any atom is -0.379 e. The summed E-state index contributed by atoms with van der Waals surface area (Å²) in [6.45, 7) is 11.4. The van der Waals surface area contributed by atoms with Crippen LogP contribution in [0.25, 0.3) is 10.2 Å². The van der Waals surface area contributed by atoms with Crippen molar-refractivity contribution in [1.29, 1.82) is 0 Å². The van der Waals surface area contributed by atoms with Crippen LogP contribution in [0.1, 0.15) is 49.4 Å². The van der Waals surface area contributed by atoms with E-state index in [1.807, 2.05) is 11.3 Å². The Labute approximate surface area is 177 Å². The van der Waals surface area contributed by atoms with E-state index in [4.69, 9.17) is 19.4 Å². The van der Waals surface area contributed by atoms with Crippen LogP contribution in [-0.2, 0) is 28.9 Å². The largest absolute Gasteiger partial charge is 0.379 e. The number of nitrogens with zero attached hydrogens (tertiary/aromatic N) is 4. The Kier molecular flexibility index (Phi) is 5.49. The molecule has 4 heterocycles. The first-order chi connectivity index (χ1) is 14.1. The quantitative estimate of drug-likeness (QED) is 0.761.